The minimum atomic E-state index is -0.235. The second kappa shape index (κ2) is 6.53. The molecule has 0 saturated carbocycles. The van der Waals surface area contributed by atoms with Gasteiger partial charge < -0.3 is 14.8 Å². The topological polar surface area (TPSA) is 80.1 Å². The van der Waals surface area contributed by atoms with Crippen molar-refractivity contribution in [3.63, 3.8) is 0 Å². The third-order valence-corrected chi connectivity index (χ3v) is 5.26. The minimum Gasteiger partial charge on any atom is -0.347 e. The van der Waals surface area contributed by atoms with Gasteiger partial charge in [-0.2, -0.15) is 0 Å². The van der Waals surface area contributed by atoms with Crippen LogP contribution in [0.25, 0.3) is 10.1 Å². The highest BCUT2D eigenvalue weighted by atomic mass is 32.1. The van der Waals surface area contributed by atoms with Crippen LogP contribution in [-0.2, 0) is 13.1 Å². The molecule has 7 nitrogen and oxygen atoms in total. The molecule has 1 N–H and O–H groups in total. The fourth-order valence-electron chi connectivity index (χ4n) is 3.11. The summed E-state index contributed by atoms with van der Waals surface area (Å²) >= 11 is 1.66. The number of carbonyl (C=O) groups is 2. The van der Waals surface area contributed by atoms with Crippen LogP contribution in [0.4, 0.5) is 0 Å². The van der Waals surface area contributed by atoms with E-state index < -0.39 is 0 Å². The number of aromatic nitrogens is 3. The highest BCUT2D eigenvalue weighted by Crippen LogP contribution is 2.23. The van der Waals surface area contributed by atoms with Gasteiger partial charge in [0.15, 0.2) is 5.82 Å². The predicted molar refractivity (Wildman–Crippen MR) is 99.2 cm³/mol. The summed E-state index contributed by atoms with van der Waals surface area (Å²) < 4.78 is 2.96. The van der Waals surface area contributed by atoms with Crippen LogP contribution in [0.15, 0.2) is 29.6 Å². The first kappa shape index (κ1) is 16.7. The van der Waals surface area contributed by atoms with Crippen molar-refractivity contribution in [3.05, 3.63) is 46.9 Å². The maximum Gasteiger partial charge on any atom is 0.289 e. The van der Waals surface area contributed by atoms with Crippen molar-refractivity contribution in [3.8, 4) is 0 Å². The fourth-order valence-corrected chi connectivity index (χ4v) is 3.88. The van der Waals surface area contributed by atoms with Crippen molar-refractivity contribution in [1.29, 1.82) is 0 Å². The molecular formula is C18H19N5O2S. The van der Waals surface area contributed by atoms with Gasteiger partial charge in [-0.1, -0.05) is 0 Å². The van der Waals surface area contributed by atoms with Gasteiger partial charge in [-0.3, -0.25) is 9.59 Å². The van der Waals surface area contributed by atoms with Crippen LogP contribution >= 0.6 is 11.3 Å². The van der Waals surface area contributed by atoms with E-state index in [1.807, 2.05) is 43.5 Å². The molecule has 3 aromatic rings. The van der Waals surface area contributed by atoms with Gasteiger partial charge in [-0.15, -0.1) is 21.5 Å². The lowest BCUT2D eigenvalue weighted by molar-refractivity contribution is 0.0706. The lowest BCUT2D eigenvalue weighted by atomic mass is 10.1. The molecule has 2 amide bonds. The monoisotopic (exact) mass is 369 g/mol. The first-order valence-electron chi connectivity index (χ1n) is 8.52. The van der Waals surface area contributed by atoms with Gasteiger partial charge >= 0.3 is 0 Å². The number of hydrogen-bond donors (Lipinski definition) is 1. The van der Waals surface area contributed by atoms with E-state index in [1.54, 1.807) is 20.8 Å². The third kappa shape index (κ3) is 2.96. The summed E-state index contributed by atoms with van der Waals surface area (Å²) in [6.45, 7) is 5.18. The molecule has 0 spiro atoms. The highest BCUT2D eigenvalue weighted by Gasteiger charge is 2.27. The van der Waals surface area contributed by atoms with E-state index in [0.29, 0.717) is 36.8 Å². The molecule has 2 aromatic heterocycles. The van der Waals surface area contributed by atoms with Gasteiger partial charge in [0.25, 0.3) is 11.8 Å². The van der Waals surface area contributed by atoms with Crippen molar-refractivity contribution in [2.75, 3.05) is 6.54 Å². The molecule has 4 rings (SSSR count). The molecule has 0 unspecified atom stereocenters. The number of thiophene rings is 1. The lowest BCUT2D eigenvalue weighted by Crippen LogP contribution is -2.40. The van der Waals surface area contributed by atoms with E-state index in [1.165, 1.54) is 4.70 Å². The molecule has 8 heteroatoms. The molecule has 1 aliphatic heterocycles. The lowest BCUT2D eigenvalue weighted by Gasteiger charge is -2.27. The van der Waals surface area contributed by atoms with E-state index in [2.05, 4.69) is 15.5 Å². The summed E-state index contributed by atoms with van der Waals surface area (Å²) in [6.07, 6.45) is 0. The molecule has 1 aromatic carbocycles. The number of benzene rings is 1. The Labute approximate surface area is 154 Å². The normalized spacial score (nSPS) is 13.9. The average molecular weight is 369 g/mol. The number of rotatable bonds is 3. The van der Waals surface area contributed by atoms with Crippen molar-refractivity contribution in [2.24, 2.45) is 0 Å². The summed E-state index contributed by atoms with van der Waals surface area (Å²) in [4.78, 5) is 26.8. The van der Waals surface area contributed by atoms with Gasteiger partial charge in [0.2, 0.25) is 5.82 Å². The van der Waals surface area contributed by atoms with Crippen LogP contribution in [0, 0.1) is 0 Å². The molecule has 0 fully saturated rings. The molecule has 0 bridgehead atoms. The van der Waals surface area contributed by atoms with Gasteiger partial charge in [0.05, 0.1) is 6.54 Å². The Bertz CT molecular complexity index is 991. The standard InChI is InChI=1S/C18H19N5O2S/c1-11(2)19-17(24)16-21-20-15-10-22(6-7-23(15)16)18(25)13-3-4-14-12(9-13)5-8-26-14/h3-5,8-9,11H,6-7,10H2,1-2H3,(H,19,24). The summed E-state index contributed by atoms with van der Waals surface area (Å²) in [5, 5.41) is 14.1. The molecule has 3 heterocycles. The van der Waals surface area contributed by atoms with Crippen LogP contribution in [-0.4, -0.2) is 44.1 Å². The van der Waals surface area contributed by atoms with Gasteiger partial charge in [0.1, 0.15) is 0 Å². The number of carbonyl (C=O) groups excluding carboxylic acids is 2. The van der Waals surface area contributed by atoms with Gasteiger partial charge in [0, 0.05) is 29.4 Å². The molecule has 134 valence electrons. The molecule has 0 atom stereocenters. The largest absolute Gasteiger partial charge is 0.347 e. The number of nitrogens with one attached hydrogen (secondary N) is 1. The van der Waals surface area contributed by atoms with Crippen LogP contribution in [0.3, 0.4) is 0 Å². The Morgan fingerprint density at radius 1 is 1.19 bits per heavy atom. The molecular weight excluding hydrogens is 350 g/mol. The average Bonchev–Trinajstić information content (AvgIpc) is 3.25. The second-order valence-electron chi connectivity index (χ2n) is 6.62. The van der Waals surface area contributed by atoms with E-state index in [4.69, 9.17) is 0 Å². The molecule has 26 heavy (non-hydrogen) atoms. The van der Waals surface area contributed by atoms with Crippen LogP contribution in [0.2, 0.25) is 0 Å². The number of amides is 2. The third-order valence-electron chi connectivity index (χ3n) is 4.36. The summed E-state index contributed by atoms with van der Waals surface area (Å²) in [5.41, 5.74) is 0.668. The molecule has 0 radical (unpaired) electrons. The Morgan fingerprint density at radius 2 is 2.04 bits per heavy atom. The van der Waals surface area contributed by atoms with Crippen LogP contribution in [0.5, 0.6) is 0 Å². The Hall–Kier alpha value is -2.74. The van der Waals surface area contributed by atoms with Crippen molar-refractivity contribution in [1.82, 2.24) is 25.0 Å². The zero-order valence-electron chi connectivity index (χ0n) is 14.6. The number of nitrogens with zero attached hydrogens (tertiary/aromatic N) is 4. The summed E-state index contributed by atoms with van der Waals surface area (Å²) in [6, 6.07) is 7.82. The van der Waals surface area contributed by atoms with Gasteiger partial charge in [-0.05, 0) is 48.9 Å². The van der Waals surface area contributed by atoms with Gasteiger partial charge in [-0.25, -0.2) is 0 Å². The van der Waals surface area contributed by atoms with E-state index in [0.717, 1.165) is 5.39 Å². The SMILES string of the molecule is CC(C)NC(=O)c1nnc2n1CCN(C(=O)c1ccc3sccc3c1)C2. The number of hydrogen-bond acceptors (Lipinski definition) is 5. The Morgan fingerprint density at radius 3 is 2.85 bits per heavy atom. The molecule has 0 saturated heterocycles. The molecule has 1 aliphatic rings. The Kier molecular flexibility index (Phi) is 4.20. The smallest absolute Gasteiger partial charge is 0.289 e. The maximum atomic E-state index is 12.9. The first-order chi connectivity index (χ1) is 12.5. The predicted octanol–water partition coefficient (Wildman–Crippen LogP) is 2.29. The first-order valence-corrected chi connectivity index (χ1v) is 9.40. The van der Waals surface area contributed by atoms with E-state index >= 15 is 0 Å². The van der Waals surface area contributed by atoms with E-state index in [9.17, 15) is 9.59 Å². The van der Waals surface area contributed by atoms with Crippen LogP contribution < -0.4 is 5.32 Å². The number of fused-ring (bicyclic) bond motifs is 2. The van der Waals surface area contributed by atoms with Crippen molar-refractivity contribution in [2.45, 2.75) is 33.0 Å². The summed E-state index contributed by atoms with van der Waals surface area (Å²) in [7, 11) is 0. The second-order valence-corrected chi connectivity index (χ2v) is 7.57. The molecule has 0 aliphatic carbocycles. The Balaban J connectivity index is 1.54. The quantitative estimate of drug-likeness (QED) is 0.768. The fraction of sp³-hybridized carbons (Fsp3) is 0.333. The summed E-state index contributed by atoms with van der Waals surface area (Å²) in [5.74, 6) is 0.678. The highest BCUT2D eigenvalue weighted by molar-refractivity contribution is 7.17. The van der Waals surface area contributed by atoms with E-state index in [-0.39, 0.29) is 17.9 Å². The minimum absolute atomic E-state index is 0.0273. The van der Waals surface area contributed by atoms with Crippen molar-refractivity contribution >= 4 is 33.2 Å². The van der Waals surface area contributed by atoms with Crippen LogP contribution in [0.1, 0.15) is 40.6 Å². The zero-order chi connectivity index (χ0) is 18.3. The zero-order valence-corrected chi connectivity index (χ0v) is 15.4. The maximum absolute atomic E-state index is 12.9. The van der Waals surface area contributed by atoms with Crippen molar-refractivity contribution < 1.29 is 9.59 Å².